The highest BCUT2D eigenvalue weighted by atomic mass is 35.5. The molecular formula is C30H35ClN2O3. The van der Waals surface area contributed by atoms with Gasteiger partial charge in [0.2, 0.25) is 5.91 Å². The van der Waals surface area contributed by atoms with Gasteiger partial charge in [-0.1, -0.05) is 74.0 Å². The van der Waals surface area contributed by atoms with Crippen molar-refractivity contribution in [1.29, 1.82) is 0 Å². The zero-order chi connectivity index (χ0) is 26.1. The van der Waals surface area contributed by atoms with Gasteiger partial charge in [0.05, 0.1) is 0 Å². The molecule has 1 atom stereocenters. The van der Waals surface area contributed by atoms with Crippen molar-refractivity contribution in [3.05, 3.63) is 100 Å². The van der Waals surface area contributed by atoms with E-state index in [4.69, 9.17) is 16.3 Å². The lowest BCUT2D eigenvalue weighted by Crippen LogP contribution is -2.52. The predicted octanol–water partition coefficient (Wildman–Crippen LogP) is 5.75. The number of amides is 2. The van der Waals surface area contributed by atoms with E-state index in [1.54, 1.807) is 17.0 Å². The zero-order valence-corrected chi connectivity index (χ0v) is 22.2. The van der Waals surface area contributed by atoms with Crippen LogP contribution >= 0.6 is 11.6 Å². The second kappa shape index (κ2) is 13.1. The second-order valence-electron chi connectivity index (χ2n) is 9.60. The van der Waals surface area contributed by atoms with Gasteiger partial charge in [0.25, 0.3) is 5.91 Å². The van der Waals surface area contributed by atoms with E-state index in [1.807, 2.05) is 82.3 Å². The third-order valence-corrected chi connectivity index (χ3v) is 6.03. The van der Waals surface area contributed by atoms with Crippen molar-refractivity contribution < 1.29 is 14.3 Å². The highest BCUT2D eigenvalue weighted by molar-refractivity contribution is 6.30. The van der Waals surface area contributed by atoms with E-state index in [1.165, 1.54) is 0 Å². The SMILES string of the molecule is Cc1cc(C)cc(OCC(=O)N(Cc2ccc(Cl)cc2)[C@H](Cc2ccccc2)C(=O)NCC(C)C)c1. The van der Waals surface area contributed by atoms with E-state index in [0.717, 1.165) is 22.3 Å². The highest BCUT2D eigenvalue weighted by Crippen LogP contribution is 2.19. The van der Waals surface area contributed by atoms with E-state index in [9.17, 15) is 9.59 Å². The number of halogens is 1. The Labute approximate surface area is 219 Å². The molecule has 0 bridgehead atoms. The Kier molecular flexibility index (Phi) is 9.95. The smallest absolute Gasteiger partial charge is 0.261 e. The number of benzene rings is 3. The molecule has 2 amide bonds. The van der Waals surface area contributed by atoms with Crippen molar-refractivity contribution in [3.63, 3.8) is 0 Å². The van der Waals surface area contributed by atoms with Crippen molar-refractivity contribution in [1.82, 2.24) is 10.2 Å². The summed E-state index contributed by atoms with van der Waals surface area (Å²) >= 11 is 6.08. The molecule has 0 saturated carbocycles. The van der Waals surface area contributed by atoms with Crippen LogP contribution in [0.4, 0.5) is 0 Å². The summed E-state index contributed by atoms with van der Waals surface area (Å²) in [4.78, 5) is 28.7. The maximum absolute atomic E-state index is 13.6. The molecule has 6 heteroatoms. The lowest BCUT2D eigenvalue weighted by molar-refractivity contribution is -0.142. The van der Waals surface area contributed by atoms with Crippen LogP contribution in [0.15, 0.2) is 72.8 Å². The van der Waals surface area contributed by atoms with Gasteiger partial charge in [0, 0.05) is 24.5 Å². The number of carbonyl (C=O) groups excluding carboxylic acids is 2. The van der Waals surface area contributed by atoms with Crippen LogP contribution in [-0.2, 0) is 22.6 Å². The monoisotopic (exact) mass is 506 g/mol. The average molecular weight is 507 g/mol. The van der Waals surface area contributed by atoms with Gasteiger partial charge in [-0.3, -0.25) is 9.59 Å². The second-order valence-corrected chi connectivity index (χ2v) is 10.0. The molecule has 0 spiro atoms. The molecule has 0 heterocycles. The summed E-state index contributed by atoms with van der Waals surface area (Å²) in [6, 6.07) is 22.2. The predicted molar refractivity (Wildman–Crippen MR) is 145 cm³/mol. The summed E-state index contributed by atoms with van der Waals surface area (Å²) < 4.78 is 5.90. The molecule has 3 aromatic rings. The maximum Gasteiger partial charge on any atom is 0.261 e. The van der Waals surface area contributed by atoms with Gasteiger partial charge in [-0.05, 0) is 66.3 Å². The summed E-state index contributed by atoms with van der Waals surface area (Å²) in [5, 5.41) is 3.64. The van der Waals surface area contributed by atoms with Gasteiger partial charge in [-0.25, -0.2) is 0 Å². The van der Waals surface area contributed by atoms with Crippen LogP contribution in [0.2, 0.25) is 5.02 Å². The third kappa shape index (κ3) is 8.42. The topological polar surface area (TPSA) is 58.6 Å². The first-order valence-electron chi connectivity index (χ1n) is 12.3. The summed E-state index contributed by atoms with van der Waals surface area (Å²) in [7, 11) is 0. The van der Waals surface area contributed by atoms with Crippen molar-refractivity contribution in [2.45, 2.75) is 46.7 Å². The number of hydrogen-bond acceptors (Lipinski definition) is 3. The van der Waals surface area contributed by atoms with E-state index in [-0.39, 0.29) is 25.0 Å². The van der Waals surface area contributed by atoms with Gasteiger partial charge < -0.3 is 15.0 Å². The molecule has 36 heavy (non-hydrogen) atoms. The number of rotatable bonds is 11. The first-order valence-corrected chi connectivity index (χ1v) is 12.7. The van der Waals surface area contributed by atoms with Crippen molar-refractivity contribution >= 4 is 23.4 Å². The number of hydrogen-bond donors (Lipinski definition) is 1. The Morgan fingerprint density at radius 2 is 1.56 bits per heavy atom. The van der Waals surface area contributed by atoms with Gasteiger partial charge in [-0.15, -0.1) is 0 Å². The minimum atomic E-state index is -0.697. The Balaban J connectivity index is 1.90. The van der Waals surface area contributed by atoms with Gasteiger partial charge >= 0.3 is 0 Å². The van der Waals surface area contributed by atoms with E-state index in [0.29, 0.717) is 29.7 Å². The molecule has 0 aliphatic carbocycles. The fourth-order valence-electron chi connectivity index (χ4n) is 4.01. The quantitative estimate of drug-likeness (QED) is 0.360. The third-order valence-electron chi connectivity index (χ3n) is 5.78. The average Bonchev–Trinajstić information content (AvgIpc) is 2.84. The summed E-state index contributed by atoms with van der Waals surface area (Å²) in [6.45, 7) is 8.69. The minimum Gasteiger partial charge on any atom is -0.484 e. The summed E-state index contributed by atoms with van der Waals surface area (Å²) in [5.41, 5.74) is 3.98. The first-order chi connectivity index (χ1) is 17.2. The van der Waals surface area contributed by atoms with Crippen LogP contribution in [0, 0.1) is 19.8 Å². The molecule has 0 aromatic heterocycles. The summed E-state index contributed by atoms with van der Waals surface area (Å²) in [6.07, 6.45) is 0.396. The molecule has 0 radical (unpaired) electrons. The van der Waals surface area contributed by atoms with Crippen molar-refractivity contribution in [2.24, 2.45) is 5.92 Å². The highest BCUT2D eigenvalue weighted by Gasteiger charge is 2.30. The number of nitrogens with one attached hydrogen (secondary N) is 1. The number of ether oxygens (including phenoxy) is 1. The van der Waals surface area contributed by atoms with Gasteiger partial charge in [0.1, 0.15) is 11.8 Å². The number of carbonyl (C=O) groups is 2. The minimum absolute atomic E-state index is 0.167. The van der Waals surface area contributed by atoms with Crippen LogP contribution in [0.5, 0.6) is 5.75 Å². The van der Waals surface area contributed by atoms with E-state index >= 15 is 0 Å². The largest absolute Gasteiger partial charge is 0.484 e. The normalized spacial score (nSPS) is 11.7. The van der Waals surface area contributed by atoms with Crippen LogP contribution in [0.1, 0.15) is 36.1 Å². The standard InChI is InChI=1S/C30H35ClN2O3/c1-21(2)18-32-30(35)28(17-24-8-6-5-7-9-24)33(19-25-10-12-26(31)13-11-25)29(34)20-36-27-15-22(3)14-23(4)16-27/h5-16,21,28H,17-20H2,1-4H3,(H,32,35)/t28-/m1/s1. The van der Waals surface area contributed by atoms with E-state index in [2.05, 4.69) is 11.4 Å². The molecule has 0 saturated heterocycles. The molecule has 190 valence electrons. The van der Waals surface area contributed by atoms with Crippen molar-refractivity contribution in [3.8, 4) is 5.75 Å². The number of aryl methyl sites for hydroxylation is 2. The molecule has 0 fully saturated rings. The Hall–Kier alpha value is -3.31. The number of nitrogens with zero attached hydrogens (tertiary/aromatic N) is 1. The molecule has 0 aliphatic rings. The zero-order valence-electron chi connectivity index (χ0n) is 21.5. The molecule has 1 N–H and O–H groups in total. The van der Waals surface area contributed by atoms with Gasteiger partial charge in [-0.2, -0.15) is 0 Å². The fourth-order valence-corrected chi connectivity index (χ4v) is 4.13. The maximum atomic E-state index is 13.6. The van der Waals surface area contributed by atoms with Crippen LogP contribution in [0.25, 0.3) is 0 Å². The first kappa shape index (κ1) is 27.3. The van der Waals surface area contributed by atoms with Gasteiger partial charge in [0.15, 0.2) is 6.61 Å². The van der Waals surface area contributed by atoms with Crippen molar-refractivity contribution in [2.75, 3.05) is 13.2 Å². The molecule has 0 unspecified atom stereocenters. The summed E-state index contributed by atoms with van der Waals surface area (Å²) in [5.74, 6) is 0.488. The Bertz CT molecular complexity index is 1130. The molecular weight excluding hydrogens is 472 g/mol. The van der Waals surface area contributed by atoms with E-state index < -0.39 is 6.04 Å². The van der Waals surface area contributed by atoms with Crippen LogP contribution in [0.3, 0.4) is 0 Å². The van der Waals surface area contributed by atoms with Crippen LogP contribution in [-0.4, -0.2) is 35.9 Å². The molecule has 3 aromatic carbocycles. The molecule has 5 nitrogen and oxygen atoms in total. The fraction of sp³-hybridized carbons (Fsp3) is 0.333. The lowest BCUT2D eigenvalue weighted by Gasteiger charge is -2.31. The Morgan fingerprint density at radius 3 is 2.17 bits per heavy atom. The molecule has 0 aliphatic heterocycles. The molecule has 3 rings (SSSR count). The lowest BCUT2D eigenvalue weighted by atomic mass is 10.0. The Morgan fingerprint density at radius 1 is 0.917 bits per heavy atom. The van der Waals surface area contributed by atoms with Crippen LogP contribution < -0.4 is 10.1 Å².